The van der Waals surface area contributed by atoms with Crippen molar-refractivity contribution in [2.75, 3.05) is 19.5 Å². The van der Waals surface area contributed by atoms with E-state index in [1.165, 1.54) is 19.4 Å². The first kappa shape index (κ1) is 14.1. The second kappa shape index (κ2) is 6.25. The molecule has 0 spiro atoms. The normalized spacial score (nSPS) is 9.95. The molecule has 0 bridgehead atoms. The number of carbonyl (C=O) groups is 1. The fraction of sp³-hybridized carbons (Fsp3) is 0.143. The summed E-state index contributed by atoms with van der Waals surface area (Å²) in [6, 6.07) is 8.20. The SMILES string of the molecule is COc1ccc(NC(=O)c2ccnc(Cl)c2)c(OC)c1. The third kappa shape index (κ3) is 3.19. The number of pyridine rings is 1. The topological polar surface area (TPSA) is 60.5 Å². The first-order valence-electron chi connectivity index (χ1n) is 5.79. The number of nitrogens with zero attached hydrogens (tertiary/aromatic N) is 1. The van der Waals surface area contributed by atoms with Crippen LogP contribution in [0.1, 0.15) is 10.4 Å². The molecule has 2 rings (SSSR count). The van der Waals surface area contributed by atoms with Crippen LogP contribution in [0.15, 0.2) is 36.5 Å². The minimum absolute atomic E-state index is 0.263. The van der Waals surface area contributed by atoms with Crippen LogP contribution < -0.4 is 14.8 Å². The molecule has 0 saturated heterocycles. The van der Waals surface area contributed by atoms with Crippen LogP contribution in [0.2, 0.25) is 5.15 Å². The van der Waals surface area contributed by atoms with Gasteiger partial charge in [0.2, 0.25) is 0 Å². The van der Waals surface area contributed by atoms with Gasteiger partial charge in [-0.1, -0.05) is 11.6 Å². The fourth-order valence-corrected chi connectivity index (χ4v) is 1.81. The average molecular weight is 293 g/mol. The number of aromatic nitrogens is 1. The Morgan fingerprint density at radius 1 is 1.20 bits per heavy atom. The molecule has 6 heteroatoms. The van der Waals surface area contributed by atoms with Crippen LogP contribution in [-0.2, 0) is 0 Å². The van der Waals surface area contributed by atoms with E-state index in [0.717, 1.165) is 0 Å². The predicted molar refractivity (Wildman–Crippen MR) is 76.7 cm³/mol. The molecule has 1 aromatic heterocycles. The molecule has 0 radical (unpaired) electrons. The Morgan fingerprint density at radius 3 is 2.65 bits per heavy atom. The van der Waals surface area contributed by atoms with Crippen molar-refractivity contribution in [3.05, 3.63) is 47.2 Å². The van der Waals surface area contributed by atoms with Crippen molar-refractivity contribution in [1.29, 1.82) is 0 Å². The van der Waals surface area contributed by atoms with Gasteiger partial charge < -0.3 is 14.8 Å². The van der Waals surface area contributed by atoms with Crippen molar-refractivity contribution in [2.45, 2.75) is 0 Å². The Morgan fingerprint density at radius 2 is 2.00 bits per heavy atom. The van der Waals surface area contributed by atoms with Crippen LogP contribution >= 0.6 is 11.6 Å². The number of nitrogens with one attached hydrogen (secondary N) is 1. The lowest BCUT2D eigenvalue weighted by Crippen LogP contribution is -2.12. The largest absolute Gasteiger partial charge is 0.497 e. The third-order valence-corrected chi connectivity index (χ3v) is 2.85. The molecule has 0 saturated carbocycles. The standard InChI is InChI=1S/C14H13ClN2O3/c1-19-10-3-4-11(12(8-10)20-2)17-14(18)9-5-6-16-13(15)7-9/h3-8H,1-2H3,(H,17,18). The maximum atomic E-state index is 12.1. The maximum absolute atomic E-state index is 12.1. The Kier molecular flexibility index (Phi) is 4.42. The highest BCUT2D eigenvalue weighted by molar-refractivity contribution is 6.29. The average Bonchev–Trinajstić information content (AvgIpc) is 2.47. The molecule has 0 unspecified atom stereocenters. The smallest absolute Gasteiger partial charge is 0.255 e. The van der Waals surface area contributed by atoms with Crippen molar-refractivity contribution in [3.63, 3.8) is 0 Å². The summed E-state index contributed by atoms with van der Waals surface area (Å²) < 4.78 is 10.3. The minimum atomic E-state index is -0.294. The van der Waals surface area contributed by atoms with Gasteiger partial charge in [-0.15, -0.1) is 0 Å². The number of anilines is 1. The van der Waals surface area contributed by atoms with E-state index < -0.39 is 0 Å². The van der Waals surface area contributed by atoms with Crippen molar-refractivity contribution >= 4 is 23.2 Å². The van der Waals surface area contributed by atoms with E-state index in [0.29, 0.717) is 22.7 Å². The Bertz CT molecular complexity index is 632. The first-order valence-corrected chi connectivity index (χ1v) is 6.17. The van der Waals surface area contributed by atoms with E-state index in [1.807, 2.05) is 0 Å². The first-order chi connectivity index (χ1) is 9.63. The predicted octanol–water partition coefficient (Wildman–Crippen LogP) is 3.00. The molecule has 1 aromatic carbocycles. The highest BCUT2D eigenvalue weighted by Crippen LogP contribution is 2.29. The molecule has 1 heterocycles. The number of methoxy groups -OCH3 is 2. The molecule has 1 N–H and O–H groups in total. The number of halogens is 1. The lowest BCUT2D eigenvalue weighted by atomic mass is 10.2. The van der Waals surface area contributed by atoms with Crippen LogP contribution in [-0.4, -0.2) is 25.1 Å². The number of rotatable bonds is 4. The van der Waals surface area contributed by atoms with Gasteiger partial charge in [0.25, 0.3) is 5.91 Å². The maximum Gasteiger partial charge on any atom is 0.255 e. The number of amides is 1. The molecule has 104 valence electrons. The van der Waals surface area contributed by atoms with Crippen LogP contribution in [0.25, 0.3) is 0 Å². The number of hydrogen-bond acceptors (Lipinski definition) is 4. The molecule has 20 heavy (non-hydrogen) atoms. The van der Waals surface area contributed by atoms with Gasteiger partial charge in [0, 0.05) is 17.8 Å². The third-order valence-electron chi connectivity index (χ3n) is 2.65. The van der Waals surface area contributed by atoms with Crippen molar-refractivity contribution in [1.82, 2.24) is 4.98 Å². The summed E-state index contributed by atoms with van der Waals surface area (Å²) in [6.07, 6.45) is 1.47. The van der Waals surface area contributed by atoms with Gasteiger partial charge in [0.05, 0.1) is 19.9 Å². The van der Waals surface area contributed by atoms with Gasteiger partial charge in [-0.2, -0.15) is 0 Å². The van der Waals surface area contributed by atoms with Gasteiger partial charge in [0.1, 0.15) is 16.7 Å². The van der Waals surface area contributed by atoms with Crippen molar-refractivity contribution in [2.24, 2.45) is 0 Å². The molecule has 0 fully saturated rings. The highest BCUT2D eigenvalue weighted by Gasteiger charge is 2.11. The molecule has 0 aliphatic carbocycles. The van der Waals surface area contributed by atoms with Gasteiger partial charge in [0.15, 0.2) is 0 Å². The number of hydrogen-bond donors (Lipinski definition) is 1. The molecular weight excluding hydrogens is 280 g/mol. The summed E-state index contributed by atoms with van der Waals surface area (Å²) in [4.78, 5) is 15.9. The van der Waals surface area contributed by atoms with E-state index in [4.69, 9.17) is 21.1 Å². The van der Waals surface area contributed by atoms with Crippen molar-refractivity contribution < 1.29 is 14.3 Å². The lowest BCUT2D eigenvalue weighted by molar-refractivity contribution is 0.102. The Balaban J connectivity index is 2.23. The Hall–Kier alpha value is -2.27. The second-order valence-corrected chi connectivity index (χ2v) is 4.27. The summed E-state index contributed by atoms with van der Waals surface area (Å²) >= 11 is 5.76. The van der Waals surface area contributed by atoms with Crippen LogP contribution in [0, 0.1) is 0 Å². The lowest BCUT2D eigenvalue weighted by Gasteiger charge is -2.11. The molecule has 1 amide bonds. The van der Waals surface area contributed by atoms with Gasteiger partial charge in [-0.25, -0.2) is 4.98 Å². The Labute approximate surface area is 121 Å². The molecular formula is C14H13ClN2O3. The van der Waals surface area contributed by atoms with E-state index in [1.54, 1.807) is 31.4 Å². The van der Waals surface area contributed by atoms with Gasteiger partial charge in [-0.3, -0.25) is 4.79 Å². The quantitative estimate of drug-likeness (QED) is 0.880. The molecule has 0 atom stereocenters. The zero-order valence-corrected chi connectivity index (χ0v) is 11.8. The van der Waals surface area contributed by atoms with E-state index >= 15 is 0 Å². The highest BCUT2D eigenvalue weighted by atomic mass is 35.5. The van der Waals surface area contributed by atoms with Crippen LogP contribution in [0.3, 0.4) is 0 Å². The summed E-state index contributed by atoms with van der Waals surface area (Å²) in [5, 5.41) is 3.01. The fourth-order valence-electron chi connectivity index (χ4n) is 1.64. The van der Waals surface area contributed by atoms with E-state index in [9.17, 15) is 4.79 Å². The number of ether oxygens (including phenoxy) is 2. The van der Waals surface area contributed by atoms with Gasteiger partial charge in [-0.05, 0) is 24.3 Å². The summed E-state index contributed by atoms with van der Waals surface area (Å²) in [6.45, 7) is 0. The summed E-state index contributed by atoms with van der Waals surface area (Å²) in [5.41, 5.74) is 0.967. The number of carbonyl (C=O) groups excluding carboxylic acids is 1. The zero-order valence-electron chi connectivity index (χ0n) is 11.0. The molecule has 0 aliphatic heterocycles. The zero-order chi connectivity index (χ0) is 14.5. The second-order valence-electron chi connectivity index (χ2n) is 3.89. The van der Waals surface area contributed by atoms with E-state index in [-0.39, 0.29) is 11.1 Å². The van der Waals surface area contributed by atoms with Crippen LogP contribution in [0.5, 0.6) is 11.5 Å². The minimum Gasteiger partial charge on any atom is -0.497 e. The summed E-state index contributed by atoms with van der Waals surface area (Å²) in [5.74, 6) is 0.863. The molecule has 5 nitrogen and oxygen atoms in total. The van der Waals surface area contributed by atoms with E-state index in [2.05, 4.69) is 10.3 Å². The van der Waals surface area contributed by atoms with Gasteiger partial charge >= 0.3 is 0 Å². The number of benzene rings is 1. The van der Waals surface area contributed by atoms with Crippen molar-refractivity contribution in [3.8, 4) is 11.5 Å². The molecule has 2 aromatic rings. The summed E-state index contributed by atoms with van der Waals surface area (Å²) in [7, 11) is 3.08. The monoisotopic (exact) mass is 292 g/mol. The van der Waals surface area contributed by atoms with Crippen LogP contribution in [0.4, 0.5) is 5.69 Å². The molecule has 0 aliphatic rings.